The minimum Gasteiger partial charge on any atom is -0.290 e. The van der Waals surface area contributed by atoms with Gasteiger partial charge in [0.1, 0.15) is 0 Å². The summed E-state index contributed by atoms with van der Waals surface area (Å²) in [5.74, 6) is 0. The number of hydroxylamine groups is 4. The summed E-state index contributed by atoms with van der Waals surface area (Å²) in [7, 11) is -4.81. The molecule has 4 amide bonds. The summed E-state index contributed by atoms with van der Waals surface area (Å²) >= 11 is 0. The summed E-state index contributed by atoms with van der Waals surface area (Å²) < 4.78 is 60.9. The Balaban J connectivity index is 1.46. The van der Waals surface area contributed by atoms with Gasteiger partial charge in [0.2, 0.25) is 0 Å². The highest BCUT2D eigenvalue weighted by molar-refractivity contribution is 7.81. The normalized spacial score (nSPS) is 35.1. The van der Waals surface area contributed by atoms with Crippen LogP contribution in [0.2, 0.25) is 0 Å². The number of carbonyl (C=O) groups excluding carboxylic acids is 2. The molecular weight excluding hydrogens is 366 g/mol. The first-order valence-corrected chi connectivity index (χ1v) is 9.22. The van der Waals surface area contributed by atoms with Crippen LogP contribution in [-0.2, 0) is 19.0 Å². The van der Waals surface area contributed by atoms with Crippen molar-refractivity contribution in [1.29, 1.82) is 0 Å². The average Bonchev–Trinajstić information content (AvgIpc) is 2.96. The van der Waals surface area contributed by atoms with Crippen LogP contribution in [0.1, 0.15) is 25.7 Å². The van der Waals surface area contributed by atoms with Gasteiger partial charge in [0, 0.05) is 13.1 Å². The number of urea groups is 2. The van der Waals surface area contributed by atoms with E-state index in [9.17, 15) is 26.8 Å². The monoisotopic (exact) mass is 382 g/mol. The van der Waals surface area contributed by atoms with Gasteiger partial charge in [-0.15, -0.1) is 8.57 Å². The highest BCUT2D eigenvalue weighted by atomic mass is 32.3. The van der Waals surface area contributed by atoms with Crippen molar-refractivity contribution in [3.8, 4) is 0 Å². The van der Waals surface area contributed by atoms with Gasteiger partial charge in [-0.2, -0.15) is 18.5 Å². The molecular formula is C12H16F2N4O6S. The van der Waals surface area contributed by atoms with E-state index >= 15 is 0 Å². The molecule has 13 heteroatoms. The molecule has 0 aromatic heterocycles. The Bertz CT molecular complexity index is 656. The SMILES string of the molecule is O=C1N2CC(CCC2F)N1OS(=O)(=O)ON1C(=O)N2CC1CCC2F. The summed E-state index contributed by atoms with van der Waals surface area (Å²) in [6.45, 7) is 0.0240. The number of halogens is 2. The van der Waals surface area contributed by atoms with Gasteiger partial charge in [0.15, 0.2) is 12.6 Å². The second kappa shape index (κ2) is 5.64. The molecule has 0 aromatic rings. The Morgan fingerprint density at radius 1 is 0.800 bits per heavy atom. The largest absolute Gasteiger partial charge is 0.442 e. The molecule has 4 fully saturated rings. The highest BCUT2D eigenvalue weighted by Gasteiger charge is 2.51. The van der Waals surface area contributed by atoms with Crippen LogP contribution in [-0.4, -0.2) is 78.2 Å². The Morgan fingerprint density at radius 2 is 1.20 bits per heavy atom. The summed E-state index contributed by atoms with van der Waals surface area (Å²) in [4.78, 5) is 25.8. The van der Waals surface area contributed by atoms with Gasteiger partial charge < -0.3 is 0 Å². The molecule has 0 saturated carbocycles. The Morgan fingerprint density at radius 3 is 1.56 bits per heavy atom. The maximum Gasteiger partial charge on any atom is 0.442 e. The van der Waals surface area contributed by atoms with E-state index in [0.717, 1.165) is 9.80 Å². The second-order valence-corrected chi connectivity index (χ2v) is 7.52. The van der Waals surface area contributed by atoms with Crippen molar-refractivity contribution in [1.82, 2.24) is 19.9 Å². The lowest BCUT2D eigenvalue weighted by Crippen LogP contribution is -2.41. The molecule has 4 rings (SSSR count). The Hall–Kier alpha value is -1.73. The fraction of sp³-hybridized carbons (Fsp3) is 0.833. The number of nitrogens with zero attached hydrogens (tertiary/aromatic N) is 4. The first-order chi connectivity index (χ1) is 11.8. The quantitative estimate of drug-likeness (QED) is 0.656. The van der Waals surface area contributed by atoms with Gasteiger partial charge >= 0.3 is 22.5 Å². The lowest BCUT2D eigenvalue weighted by Gasteiger charge is -2.25. The number of alkyl halides is 2. The number of fused-ring (bicyclic) bond motifs is 4. The molecule has 25 heavy (non-hydrogen) atoms. The number of hydrogen-bond acceptors (Lipinski definition) is 6. The summed E-state index contributed by atoms with van der Waals surface area (Å²) in [6.07, 6.45) is -2.35. The molecule has 0 radical (unpaired) electrons. The van der Waals surface area contributed by atoms with E-state index in [1.54, 1.807) is 0 Å². The van der Waals surface area contributed by atoms with E-state index in [-0.39, 0.29) is 38.8 Å². The molecule has 0 spiro atoms. The van der Waals surface area contributed by atoms with Crippen molar-refractivity contribution in [3.63, 3.8) is 0 Å². The second-order valence-electron chi connectivity index (χ2n) is 6.41. The molecule has 4 unspecified atom stereocenters. The number of rotatable bonds is 4. The molecule has 0 aliphatic carbocycles. The van der Waals surface area contributed by atoms with Crippen molar-refractivity contribution in [2.45, 2.75) is 50.4 Å². The zero-order valence-corrected chi connectivity index (χ0v) is 13.8. The van der Waals surface area contributed by atoms with Gasteiger partial charge in [-0.3, -0.25) is 9.80 Å². The summed E-state index contributed by atoms with van der Waals surface area (Å²) in [6, 6.07) is -3.07. The van der Waals surface area contributed by atoms with Crippen LogP contribution in [0, 0.1) is 0 Å². The topological polar surface area (TPSA) is 99.7 Å². The lowest BCUT2D eigenvalue weighted by atomic mass is 10.1. The first-order valence-electron chi connectivity index (χ1n) is 7.89. The zero-order valence-electron chi connectivity index (χ0n) is 13.0. The van der Waals surface area contributed by atoms with Crippen LogP contribution in [0.5, 0.6) is 0 Å². The standard InChI is InChI=1S/C12H16F2N4O6S/c13-9-3-1-7-5-15(9)11(19)17(7)23-25(21,22)24-18-8-2-4-10(14)16(6-8)12(18)20/h7-10H,1-6H2. The van der Waals surface area contributed by atoms with Crippen molar-refractivity contribution >= 4 is 22.5 Å². The van der Waals surface area contributed by atoms with E-state index in [4.69, 9.17) is 0 Å². The minimum atomic E-state index is -4.81. The molecule has 0 N–H and O–H groups in total. The number of hydrogen-bond donors (Lipinski definition) is 0. The van der Waals surface area contributed by atoms with E-state index in [0.29, 0.717) is 10.1 Å². The van der Waals surface area contributed by atoms with Gasteiger partial charge in [0.25, 0.3) is 0 Å². The van der Waals surface area contributed by atoms with E-state index in [2.05, 4.69) is 8.57 Å². The van der Waals surface area contributed by atoms with Crippen LogP contribution < -0.4 is 0 Å². The van der Waals surface area contributed by atoms with Gasteiger partial charge in [-0.1, -0.05) is 0 Å². The third-order valence-corrected chi connectivity index (χ3v) is 5.53. The number of carbonyl (C=O) groups is 2. The van der Waals surface area contributed by atoms with Crippen LogP contribution in [0.25, 0.3) is 0 Å². The average molecular weight is 382 g/mol. The Labute approximate surface area is 142 Å². The van der Waals surface area contributed by atoms with Crippen molar-refractivity contribution in [3.05, 3.63) is 0 Å². The first kappa shape index (κ1) is 16.7. The fourth-order valence-electron chi connectivity index (χ4n) is 3.58. The predicted octanol–water partition coefficient (Wildman–Crippen LogP) is 0.486. The van der Waals surface area contributed by atoms with Crippen LogP contribution in [0.4, 0.5) is 18.4 Å². The fourth-order valence-corrected chi connectivity index (χ4v) is 4.37. The van der Waals surface area contributed by atoms with Crippen LogP contribution >= 0.6 is 0 Å². The Kier molecular flexibility index (Phi) is 3.77. The highest BCUT2D eigenvalue weighted by Crippen LogP contribution is 2.33. The molecule has 0 aromatic carbocycles. The molecule has 4 bridgehead atoms. The molecule has 10 nitrogen and oxygen atoms in total. The third-order valence-electron chi connectivity index (χ3n) is 4.84. The van der Waals surface area contributed by atoms with Crippen molar-refractivity contribution in [2.75, 3.05) is 13.1 Å². The molecule has 140 valence electrons. The molecule has 4 saturated heterocycles. The molecule has 4 atom stereocenters. The van der Waals surface area contributed by atoms with Gasteiger partial charge in [0.05, 0.1) is 12.1 Å². The van der Waals surface area contributed by atoms with Crippen LogP contribution in [0.3, 0.4) is 0 Å². The third kappa shape index (κ3) is 2.69. The minimum absolute atomic E-state index is 0.0120. The zero-order chi connectivity index (χ0) is 17.9. The maximum atomic E-state index is 13.6. The maximum absolute atomic E-state index is 13.6. The number of amides is 4. The molecule has 4 aliphatic rings. The smallest absolute Gasteiger partial charge is 0.290 e. The van der Waals surface area contributed by atoms with E-state index in [1.807, 2.05) is 0 Å². The lowest BCUT2D eigenvalue weighted by molar-refractivity contribution is -0.0842. The number of piperidine rings is 2. The predicted molar refractivity (Wildman–Crippen MR) is 74.8 cm³/mol. The summed E-state index contributed by atoms with van der Waals surface area (Å²) in [5, 5.41) is 1.11. The van der Waals surface area contributed by atoms with Gasteiger partial charge in [-0.25, -0.2) is 18.4 Å². The summed E-state index contributed by atoms with van der Waals surface area (Å²) in [5.41, 5.74) is 0. The van der Waals surface area contributed by atoms with E-state index in [1.165, 1.54) is 0 Å². The van der Waals surface area contributed by atoms with Gasteiger partial charge in [-0.05, 0) is 25.7 Å². The van der Waals surface area contributed by atoms with Crippen molar-refractivity contribution in [2.24, 2.45) is 0 Å². The molecule has 4 aliphatic heterocycles. The van der Waals surface area contributed by atoms with E-state index < -0.39 is 47.1 Å². The van der Waals surface area contributed by atoms with Crippen LogP contribution in [0.15, 0.2) is 0 Å². The van der Waals surface area contributed by atoms with Crippen molar-refractivity contribution < 1.29 is 35.4 Å². The molecule has 4 heterocycles.